The van der Waals surface area contributed by atoms with E-state index in [4.69, 9.17) is 11.5 Å². The van der Waals surface area contributed by atoms with Gasteiger partial charge in [-0.2, -0.15) is 11.8 Å². The van der Waals surface area contributed by atoms with Crippen molar-refractivity contribution in [3.8, 4) is 0 Å². The van der Waals surface area contributed by atoms with Crippen molar-refractivity contribution in [1.29, 1.82) is 0 Å². The van der Waals surface area contributed by atoms with E-state index in [2.05, 4.69) is 5.32 Å². The molecule has 0 aromatic carbocycles. The highest BCUT2D eigenvalue weighted by Gasteiger charge is 2.27. The zero-order chi connectivity index (χ0) is 9.14. The second-order valence-corrected chi connectivity index (χ2v) is 3.69. The summed E-state index contributed by atoms with van der Waals surface area (Å²) >= 11 is 1.50. The van der Waals surface area contributed by atoms with Crippen molar-refractivity contribution in [3.63, 3.8) is 0 Å². The molecule has 0 saturated carbocycles. The lowest BCUT2D eigenvalue weighted by Gasteiger charge is -2.26. The maximum Gasteiger partial charge on any atom is 0.235 e. The first kappa shape index (κ1) is 9.34. The summed E-state index contributed by atoms with van der Waals surface area (Å²) in [4.78, 5) is 21.4. The summed E-state index contributed by atoms with van der Waals surface area (Å²) in [6.07, 6.45) is 0. The molecule has 1 aliphatic rings. The summed E-state index contributed by atoms with van der Waals surface area (Å²) in [5.74, 6) is 0.347. The number of rotatable bonds is 2. The number of nitrogens with two attached hydrogens (primary N) is 2. The van der Waals surface area contributed by atoms with E-state index >= 15 is 0 Å². The number of carbonyl (C=O) groups excluding carboxylic acids is 2. The number of hydrogen-bond donors (Lipinski definition) is 3. The Morgan fingerprint density at radius 1 is 1.17 bits per heavy atom. The molecule has 0 bridgehead atoms. The smallest absolute Gasteiger partial charge is 0.235 e. The Kier molecular flexibility index (Phi) is 2.93. The van der Waals surface area contributed by atoms with E-state index in [1.807, 2.05) is 0 Å². The van der Waals surface area contributed by atoms with Crippen molar-refractivity contribution in [1.82, 2.24) is 5.32 Å². The highest BCUT2D eigenvalue weighted by atomic mass is 32.2. The third-order valence-electron chi connectivity index (χ3n) is 1.66. The van der Waals surface area contributed by atoms with Gasteiger partial charge in [-0.3, -0.25) is 14.9 Å². The van der Waals surface area contributed by atoms with Gasteiger partial charge in [0.2, 0.25) is 11.8 Å². The highest BCUT2D eigenvalue weighted by molar-refractivity contribution is 7.99. The molecule has 12 heavy (non-hydrogen) atoms. The minimum atomic E-state index is -0.437. The van der Waals surface area contributed by atoms with E-state index in [1.165, 1.54) is 11.8 Å². The minimum absolute atomic E-state index is 0.429. The van der Waals surface area contributed by atoms with Gasteiger partial charge in [-0.1, -0.05) is 0 Å². The lowest BCUT2D eigenvalue weighted by molar-refractivity contribution is -0.121. The van der Waals surface area contributed by atoms with Gasteiger partial charge in [-0.25, -0.2) is 0 Å². The maximum absolute atomic E-state index is 10.7. The quantitative estimate of drug-likeness (QED) is 0.469. The van der Waals surface area contributed by atoms with E-state index in [1.54, 1.807) is 0 Å². The van der Waals surface area contributed by atoms with Gasteiger partial charge < -0.3 is 11.5 Å². The Balaban J connectivity index is 2.51. The minimum Gasteiger partial charge on any atom is -0.368 e. The van der Waals surface area contributed by atoms with Crippen LogP contribution in [-0.4, -0.2) is 35.4 Å². The Hall–Kier alpha value is -0.750. The van der Waals surface area contributed by atoms with Gasteiger partial charge in [0.15, 0.2) is 0 Å². The van der Waals surface area contributed by atoms with Crippen LogP contribution in [0.5, 0.6) is 0 Å². The molecule has 6 heteroatoms. The fraction of sp³-hybridized carbons (Fsp3) is 0.667. The Bertz CT molecular complexity index is 189. The fourth-order valence-corrected chi connectivity index (χ4v) is 2.10. The summed E-state index contributed by atoms with van der Waals surface area (Å²) in [6.45, 7) is 0. The van der Waals surface area contributed by atoms with E-state index < -0.39 is 23.9 Å². The van der Waals surface area contributed by atoms with Gasteiger partial charge in [0, 0.05) is 11.5 Å². The molecule has 0 aromatic heterocycles. The number of carbonyl (C=O) groups is 2. The van der Waals surface area contributed by atoms with E-state index in [0.29, 0.717) is 11.5 Å². The molecule has 2 unspecified atom stereocenters. The fourth-order valence-electron chi connectivity index (χ4n) is 0.971. The van der Waals surface area contributed by atoms with Gasteiger partial charge >= 0.3 is 0 Å². The Labute approximate surface area is 74.2 Å². The lowest BCUT2D eigenvalue weighted by atomic mass is 10.2. The third-order valence-corrected chi connectivity index (χ3v) is 2.80. The van der Waals surface area contributed by atoms with Crippen LogP contribution in [0.15, 0.2) is 0 Å². The molecule has 1 fully saturated rings. The number of amides is 2. The highest BCUT2D eigenvalue weighted by Crippen LogP contribution is 2.11. The summed E-state index contributed by atoms with van der Waals surface area (Å²) in [7, 11) is 0. The molecule has 1 heterocycles. The van der Waals surface area contributed by atoms with Crippen molar-refractivity contribution < 1.29 is 9.59 Å². The zero-order valence-electron chi connectivity index (χ0n) is 6.45. The molecule has 1 rings (SSSR count). The molecule has 0 aliphatic carbocycles. The van der Waals surface area contributed by atoms with Gasteiger partial charge in [0.25, 0.3) is 0 Å². The number of nitrogens with one attached hydrogen (secondary N) is 1. The van der Waals surface area contributed by atoms with Gasteiger partial charge in [0.1, 0.15) is 0 Å². The average molecular weight is 189 g/mol. The first-order valence-electron chi connectivity index (χ1n) is 3.53. The number of primary amides is 2. The van der Waals surface area contributed by atoms with Crippen molar-refractivity contribution >= 4 is 23.6 Å². The average Bonchev–Trinajstić information content (AvgIpc) is 2.04. The molecule has 0 aromatic rings. The summed E-state index contributed by atoms with van der Waals surface area (Å²) < 4.78 is 0. The van der Waals surface area contributed by atoms with E-state index in [9.17, 15) is 9.59 Å². The van der Waals surface area contributed by atoms with Crippen LogP contribution >= 0.6 is 11.8 Å². The molecular formula is C6H11N3O2S. The second-order valence-electron chi connectivity index (χ2n) is 2.61. The largest absolute Gasteiger partial charge is 0.368 e. The SMILES string of the molecule is NC(=O)C1CSCC(C(N)=O)N1. The van der Waals surface area contributed by atoms with E-state index in [0.717, 1.165) is 0 Å². The summed E-state index contributed by atoms with van der Waals surface area (Å²) in [5.41, 5.74) is 10.1. The predicted molar refractivity (Wildman–Crippen MR) is 46.4 cm³/mol. The topological polar surface area (TPSA) is 98.2 Å². The van der Waals surface area contributed by atoms with Crippen LogP contribution in [0.2, 0.25) is 0 Å². The molecule has 2 atom stereocenters. The number of hydrogen-bond acceptors (Lipinski definition) is 4. The van der Waals surface area contributed by atoms with Crippen LogP contribution < -0.4 is 16.8 Å². The van der Waals surface area contributed by atoms with Crippen molar-refractivity contribution in [3.05, 3.63) is 0 Å². The third kappa shape index (κ3) is 2.12. The molecule has 5 nitrogen and oxygen atoms in total. The summed E-state index contributed by atoms with van der Waals surface area (Å²) in [6, 6.07) is -0.859. The van der Waals surface area contributed by atoms with Crippen molar-refractivity contribution in [2.24, 2.45) is 11.5 Å². The monoisotopic (exact) mass is 189 g/mol. The molecular weight excluding hydrogens is 178 g/mol. The van der Waals surface area contributed by atoms with Crippen LogP contribution in [0.1, 0.15) is 0 Å². The lowest BCUT2D eigenvalue weighted by Crippen LogP contribution is -2.56. The van der Waals surface area contributed by atoms with Crippen LogP contribution in [0, 0.1) is 0 Å². The zero-order valence-corrected chi connectivity index (χ0v) is 7.26. The van der Waals surface area contributed by atoms with Crippen LogP contribution in [0.25, 0.3) is 0 Å². The molecule has 1 saturated heterocycles. The van der Waals surface area contributed by atoms with Crippen molar-refractivity contribution in [2.75, 3.05) is 11.5 Å². The standard InChI is InChI=1S/C6H11N3O2S/c7-5(10)3-1-12-2-4(9-3)6(8)11/h3-4,9H,1-2H2,(H2,7,10)(H2,8,11). The molecule has 5 N–H and O–H groups in total. The maximum atomic E-state index is 10.7. The van der Waals surface area contributed by atoms with Gasteiger partial charge in [-0.15, -0.1) is 0 Å². The van der Waals surface area contributed by atoms with Crippen LogP contribution in [0.3, 0.4) is 0 Å². The predicted octanol–water partition coefficient (Wildman–Crippen LogP) is -1.97. The first-order chi connectivity index (χ1) is 5.61. The molecule has 2 amide bonds. The molecule has 68 valence electrons. The second kappa shape index (κ2) is 3.77. The summed E-state index contributed by atoms with van der Waals surface area (Å²) in [5, 5.41) is 2.78. The Morgan fingerprint density at radius 3 is 1.92 bits per heavy atom. The van der Waals surface area contributed by atoms with E-state index in [-0.39, 0.29) is 0 Å². The number of thioether (sulfide) groups is 1. The van der Waals surface area contributed by atoms with Gasteiger partial charge in [0.05, 0.1) is 12.1 Å². The molecule has 0 spiro atoms. The normalized spacial score (nSPS) is 29.7. The van der Waals surface area contributed by atoms with Crippen LogP contribution in [-0.2, 0) is 9.59 Å². The first-order valence-corrected chi connectivity index (χ1v) is 4.69. The molecule has 1 aliphatic heterocycles. The molecule has 0 radical (unpaired) electrons. The van der Waals surface area contributed by atoms with Gasteiger partial charge in [-0.05, 0) is 0 Å². The van der Waals surface area contributed by atoms with Crippen molar-refractivity contribution in [2.45, 2.75) is 12.1 Å². The Morgan fingerprint density at radius 2 is 1.58 bits per heavy atom. The van der Waals surface area contributed by atoms with Crippen LogP contribution in [0.4, 0.5) is 0 Å².